The zero-order valence-corrected chi connectivity index (χ0v) is 12.0. The molecule has 2 aromatic rings. The van der Waals surface area contributed by atoms with Gasteiger partial charge in [-0.05, 0) is 49.4 Å². The van der Waals surface area contributed by atoms with Gasteiger partial charge in [0.15, 0.2) is 0 Å². The minimum atomic E-state index is -0.884. The van der Waals surface area contributed by atoms with Crippen LogP contribution < -0.4 is 5.32 Å². The Hall–Kier alpha value is -2.29. The van der Waals surface area contributed by atoms with E-state index in [1.807, 2.05) is 6.07 Å². The van der Waals surface area contributed by atoms with E-state index < -0.39 is 5.97 Å². The molecule has 0 bridgehead atoms. The zero-order valence-electron chi connectivity index (χ0n) is 12.0. The first-order valence-electron chi connectivity index (χ1n) is 7.28. The fourth-order valence-corrected chi connectivity index (χ4v) is 2.91. The molecule has 0 spiro atoms. The summed E-state index contributed by atoms with van der Waals surface area (Å²) in [5.41, 5.74) is 3.93. The molecule has 0 radical (unpaired) electrons. The van der Waals surface area contributed by atoms with Crippen molar-refractivity contribution in [2.24, 2.45) is 0 Å². The van der Waals surface area contributed by atoms with Crippen molar-refractivity contribution in [1.29, 1.82) is 0 Å². The van der Waals surface area contributed by atoms with Gasteiger partial charge in [0, 0.05) is 11.7 Å². The van der Waals surface area contributed by atoms with Crippen LogP contribution in [0.4, 0.5) is 5.69 Å². The van der Waals surface area contributed by atoms with Gasteiger partial charge in [-0.2, -0.15) is 0 Å². The summed E-state index contributed by atoms with van der Waals surface area (Å²) in [6, 6.07) is 16.1. The highest BCUT2D eigenvalue weighted by Gasteiger charge is 2.30. The van der Waals surface area contributed by atoms with E-state index in [0.29, 0.717) is 17.5 Å². The average molecular weight is 281 g/mol. The lowest BCUT2D eigenvalue weighted by Gasteiger charge is -2.37. The van der Waals surface area contributed by atoms with Crippen molar-refractivity contribution < 1.29 is 9.90 Å². The number of nitrogens with one attached hydrogen (secondary N) is 1. The monoisotopic (exact) mass is 281 g/mol. The predicted octanol–water partition coefficient (Wildman–Crippen LogP) is 4.05. The molecule has 0 amide bonds. The molecule has 0 atom stereocenters. The molecule has 2 N–H and O–H groups in total. The van der Waals surface area contributed by atoms with Crippen LogP contribution in [-0.2, 0) is 0 Å². The Morgan fingerprint density at radius 2 is 1.90 bits per heavy atom. The Morgan fingerprint density at radius 3 is 2.62 bits per heavy atom. The van der Waals surface area contributed by atoms with Crippen LogP contribution in [0.25, 0.3) is 0 Å². The molecule has 0 saturated heterocycles. The van der Waals surface area contributed by atoms with Crippen molar-refractivity contribution in [3.8, 4) is 0 Å². The number of carboxylic acid groups (broad SMARTS) is 1. The van der Waals surface area contributed by atoms with Crippen molar-refractivity contribution in [2.75, 3.05) is 5.32 Å². The molecule has 0 aromatic heterocycles. The third-order valence-corrected chi connectivity index (χ3v) is 4.13. The molecule has 0 heterocycles. The van der Waals surface area contributed by atoms with E-state index in [1.165, 1.54) is 11.1 Å². The smallest absolute Gasteiger partial charge is 0.335 e. The van der Waals surface area contributed by atoms with Gasteiger partial charge in [-0.3, -0.25) is 0 Å². The van der Waals surface area contributed by atoms with Crippen LogP contribution in [0.3, 0.4) is 0 Å². The molecule has 3 nitrogen and oxygen atoms in total. The van der Waals surface area contributed by atoms with E-state index in [9.17, 15) is 4.79 Å². The second-order valence-corrected chi connectivity index (χ2v) is 5.81. The molecule has 3 heteroatoms. The molecule has 1 saturated carbocycles. The van der Waals surface area contributed by atoms with E-state index in [4.69, 9.17) is 5.11 Å². The number of rotatable bonds is 4. The Bertz CT molecular complexity index is 660. The van der Waals surface area contributed by atoms with Crippen molar-refractivity contribution >= 4 is 11.7 Å². The van der Waals surface area contributed by atoms with E-state index in [-0.39, 0.29) is 0 Å². The van der Waals surface area contributed by atoms with Gasteiger partial charge in [0.2, 0.25) is 0 Å². The normalized spacial score (nSPS) is 20.6. The molecule has 1 fully saturated rings. The van der Waals surface area contributed by atoms with Crippen molar-refractivity contribution in [2.45, 2.75) is 31.7 Å². The Balaban J connectivity index is 1.60. The van der Waals surface area contributed by atoms with Gasteiger partial charge in [-0.25, -0.2) is 4.79 Å². The molecule has 0 unspecified atom stereocenters. The first-order valence-corrected chi connectivity index (χ1v) is 7.28. The number of aromatic carboxylic acids is 1. The molecule has 21 heavy (non-hydrogen) atoms. The number of aryl methyl sites for hydroxylation is 1. The SMILES string of the molecule is Cc1cccc(C2CC(Nc3cccc(C(=O)O)c3)C2)c1. The highest BCUT2D eigenvalue weighted by Crippen LogP contribution is 2.38. The Morgan fingerprint density at radius 1 is 1.14 bits per heavy atom. The molecule has 3 rings (SSSR count). The van der Waals surface area contributed by atoms with E-state index in [2.05, 4.69) is 36.5 Å². The van der Waals surface area contributed by atoms with Crippen molar-refractivity contribution in [1.82, 2.24) is 0 Å². The topological polar surface area (TPSA) is 49.3 Å². The quantitative estimate of drug-likeness (QED) is 0.888. The van der Waals surface area contributed by atoms with Gasteiger partial charge in [0.25, 0.3) is 0 Å². The van der Waals surface area contributed by atoms with Crippen molar-refractivity contribution in [3.05, 3.63) is 65.2 Å². The van der Waals surface area contributed by atoms with Crippen LogP contribution in [0.15, 0.2) is 48.5 Å². The summed E-state index contributed by atoms with van der Waals surface area (Å²) in [4.78, 5) is 11.0. The zero-order chi connectivity index (χ0) is 14.8. The number of carboxylic acids is 1. The minimum absolute atomic E-state index is 0.328. The van der Waals surface area contributed by atoms with E-state index in [0.717, 1.165) is 18.5 Å². The highest BCUT2D eigenvalue weighted by molar-refractivity contribution is 5.88. The van der Waals surface area contributed by atoms with Crippen LogP contribution in [-0.4, -0.2) is 17.1 Å². The molecule has 0 aliphatic heterocycles. The molecular formula is C18H19NO2. The van der Waals surface area contributed by atoms with Crippen molar-refractivity contribution in [3.63, 3.8) is 0 Å². The fraction of sp³-hybridized carbons (Fsp3) is 0.278. The van der Waals surface area contributed by atoms with Crippen LogP contribution in [0.2, 0.25) is 0 Å². The van der Waals surface area contributed by atoms with E-state index >= 15 is 0 Å². The summed E-state index contributed by atoms with van der Waals surface area (Å²) in [7, 11) is 0. The molecule has 1 aliphatic carbocycles. The van der Waals surface area contributed by atoms with Crippen LogP contribution >= 0.6 is 0 Å². The maximum absolute atomic E-state index is 11.0. The maximum Gasteiger partial charge on any atom is 0.335 e. The largest absolute Gasteiger partial charge is 0.478 e. The summed E-state index contributed by atoms with van der Waals surface area (Å²) in [5, 5.41) is 12.4. The number of hydrogen-bond donors (Lipinski definition) is 2. The lowest BCUT2D eigenvalue weighted by Crippen LogP contribution is -2.34. The maximum atomic E-state index is 11.0. The van der Waals surface area contributed by atoms with Gasteiger partial charge in [-0.1, -0.05) is 35.9 Å². The predicted molar refractivity (Wildman–Crippen MR) is 84.0 cm³/mol. The number of hydrogen-bond acceptors (Lipinski definition) is 2. The Labute approximate surface area is 124 Å². The minimum Gasteiger partial charge on any atom is -0.478 e. The second-order valence-electron chi connectivity index (χ2n) is 5.81. The van der Waals surface area contributed by atoms with Gasteiger partial charge in [0.05, 0.1) is 5.56 Å². The molecular weight excluding hydrogens is 262 g/mol. The highest BCUT2D eigenvalue weighted by atomic mass is 16.4. The fourth-order valence-electron chi connectivity index (χ4n) is 2.91. The van der Waals surface area contributed by atoms with Crippen LogP contribution in [0, 0.1) is 6.92 Å². The van der Waals surface area contributed by atoms with Gasteiger partial charge >= 0.3 is 5.97 Å². The number of anilines is 1. The van der Waals surface area contributed by atoms with Gasteiger partial charge in [-0.15, -0.1) is 0 Å². The summed E-state index contributed by atoms with van der Waals surface area (Å²) >= 11 is 0. The number of benzene rings is 2. The first kappa shape index (κ1) is 13.7. The standard InChI is InChI=1S/C18H19NO2/c1-12-4-2-5-13(8-12)15-10-17(11-15)19-16-7-3-6-14(9-16)18(20)21/h2-9,15,17,19H,10-11H2,1H3,(H,20,21). The van der Waals surface area contributed by atoms with Crippen LogP contribution in [0.1, 0.15) is 40.2 Å². The third kappa shape index (κ3) is 3.07. The summed E-state index contributed by atoms with van der Waals surface area (Å²) in [6.45, 7) is 2.12. The lowest BCUT2D eigenvalue weighted by atomic mass is 9.75. The average Bonchev–Trinajstić information content (AvgIpc) is 2.42. The number of carbonyl (C=O) groups is 1. The van der Waals surface area contributed by atoms with Gasteiger partial charge < -0.3 is 10.4 Å². The molecule has 108 valence electrons. The summed E-state index contributed by atoms with van der Waals surface area (Å²) in [6.07, 6.45) is 2.20. The van der Waals surface area contributed by atoms with E-state index in [1.54, 1.807) is 18.2 Å². The molecule has 2 aromatic carbocycles. The lowest BCUT2D eigenvalue weighted by molar-refractivity contribution is 0.0697. The first-order chi connectivity index (χ1) is 10.1. The van der Waals surface area contributed by atoms with Gasteiger partial charge in [0.1, 0.15) is 0 Å². The third-order valence-electron chi connectivity index (χ3n) is 4.13. The van der Waals surface area contributed by atoms with Crippen LogP contribution in [0.5, 0.6) is 0 Å². The Kier molecular flexibility index (Phi) is 3.65. The second kappa shape index (κ2) is 5.60. The molecule has 1 aliphatic rings. The summed E-state index contributed by atoms with van der Waals surface area (Å²) < 4.78 is 0. The summed E-state index contributed by atoms with van der Waals surface area (Å²) in [5.74, 6) is -0.269.